The molecule has 0 spiro atoms. The van der Waals surface area contributed by atoms with Gasteiger partial charge in [0.2, 0.25) is 0 Å². The number of aliphatic hydroxyl groups is 3. The van der Waals surface area contributed by atoms with E-state index in [9.17, 15) is 20.1 Å². The van der Waals surface area contributed by atoms with Gasteiger partial charge in [-0.1, -0.05) is 57.6 Å². The van der Waals surface area contributed by atoms with E-state index < -0.39 is 70.9 Å². The lowest BCUT2D eigenvalue weighted by Crippen LogP contribution is -2.72. The van der Waals surface area contributed by atoms with Crippen LogP contribution in [-0.4, -0.2) is 74.4 Å². The molecule has 0 radical (unpaired) electrons. The highest BCUT2D eigenvalue weighted by Crippen LogP contribution is 2.72. The van der Waals surface area contributed by atoms with Crippen LogP contribution in [0.5, 0.6) is 0 Å². The van der Waals surface area contributed by atoms with Gasteiger partial charge in [-0.15, -0.1) is 0 Å². The number of ether oxygens (including phenoxy) is 4. The summed E-state index contributed by atoms with van der Waals surface area (Å²) in [5.41, 5.74) is -4.66. The van der Waals surface area contributed by atoms with Crippen molar-refractivity contribution in [3.05, 3.63) is 48.1 Å². The standard InChI is InChI=1S/C30H40O8/c1-6-7-8-9-10-11-12-13-28-36-23-21-24-27(16-31,35-24)25(33)29(34)20(14-18(4)22(29)32)30(21,38-28)19(5)15-26(23,37-28)17(2)3/h10-14,19-21,23-25,31,33-34H,2,6-9,15-16H2,1,3-5H3/b11-10+,13-12+/t19-,20+,21-,23-,24+,25-,26-,27+,28-,29-,30+/m1/s1. The number of rotatable bonds is 8. The first-order valence-electron chi connectivity index (χ1n) is 14.0. The number of epoxide rings is 1. The van der Waals surface area contributed by atoms with Gasteiger partial charge in [-0.05, 0) is 50.2 Å². The molecule has 3 aliphatic carbocycles. The highest BCUT2D eigenvalue weighted by molar-refractivity contribution is 6.05. The third kappa shape index (κ3) is 3.03. The highest BCUT2D eigenvalue weighted by Gasteiger charge is 2.88. The number of carbonyl (C=O) groups excluding carboxylic acids is 1. The summed E-state index contributed by atoms with van der Waals surface area (Å²) in [5, 5.41) is 34.1. The average molecular weight is 529 g/mol. The number of hydrogen-bond acceptors (Lipinski definition) is 8. The van der Waals surface area contributed by atoms with Crippen LogP contribution in [0.2, 0.25) is 0 Å². The normalized spacial score (nSPS) is 52.2. The van der Waals surface area contributed by atoms with E-state index in [4.69, 9.17) is 18.9 Å². The van der Waals surface area contributed by atoms with Crippen molar-refractivity contribution in [3.8, 4) is 0 Å². The lowest BCUT2D eigenvalue weighted by molar-refractivity contribution is -0.406. The smallest absolute Gasteiger partial charge is 0.306 e. The number of ketones is 1. The molecule has 2 saturated carbocycles. The summed E-state index contributed by atoms with van der Waals surface area (Å²) in [6.07, 6.45) is 11.4. The Morgan fingerprint density at radius 1 is 1.21 bits per heavy atom. The molecule has 0 unspecified atom stereocenters. The van der Waals surface area contributed by atoms with Gasteiger partial charge < -0.3 is 34.3 Å². The molecule has 3 aliphatic heterocycles. The first-order chi connectivity index (χ1) is 18.0. The molecule has 11 atom stereocenters. The van der Waals surface area contributed by atoms with E-state index >= 15 is 0 Å². The second-order valence-corrected chi connectivity index (χ2v) is 12.3. The van der Waals surface area contributed by atoms with Gasteiger partial charge in [0.15, 0.2) is 11.4 Å². The maximum atomic E-state index is 13.5. The van der Waals surface area contributed by atoms with E-state index in [1.54, 1.807) is 19.1 Å². The van der Waals surface area contributed by atoms with Crippen LogP contribution in [0.15, 0.2) is 48.1 Å². The third-order valence-corrected chi connectivity index (χ3v) is 10.2. The Labute approximate surface area is 224 Å². The van der Waals surface area contributed by atoms with Gasteiger partial charge in [0, 0.05) is 17.9 Å². The van der Waals surface area contributed by atoms with Crippen molar-refractivity contribution in [1.82, 2.24) is 0 Å². The minimum Gasteiger partial charge on any atom is -0.393 e. The van der Waals surface area contributed by atoms with E-state index in [0.29, 0.717) is 12.0 Å². The molecule has 6 aliphatic rings. The van der Waals surface area contributed by atoms with Crippen LogP contribution in [0.1, 0.15) is 59.8 Å². The van der Waals surface area contributed by atoms with Gasteiger partial charge >= 0.3 is 5.97 Å². The molecular formula is C30H40O8. The number of fused-ring (bicyclic) bond motifs is 3. The molecule has 6 rings (SSSR count). The monoisotopic (exact) mass is 528 g/mol. The first-order valence-corrected chi connectivity index (χ1v) is 14.0. The lowest BCUT2D eigenvalue weighted by atomic mass is 9.54. The molecule has 0 aromatic rings. The van der Waals surface area contributed by atoms with Crippen molar-refractivity contribution in [2.75, 3.05) is 6.61 Å². The molecule has 0 aromatic carbocycles. The Balaban J connectivity index is 1.48. The van der Waals surface area contributed by atoms with Crippen molar-refractivity contribution in [3.63, 3.8) is 0 Å². The summed E-state index contributed by atoms with van der Waals surface area (Å²) >= 11 is 0. The maximum absolute atomic E-state index is 13.5. The fourth-order valence-corrected chi connectivity index (χ4v) is 8.28. The van der Waals surface area contributed by atoms with Crippen LogP contribution in [0.4, 0.5) is 0 Å². The fourth-order valence-electron chi connectivity index (χ4n) is 8.28. The number of allylic oxidation sites excluding steroid dienone is 3. The quantitative estimate of drug-likeness (QED) is 0.191. The summed E-state index contributed by atoms with van der Waals surface area (Å²) in [6.45, 7) is 11.5. The largest absolute Gasteiger partial charge is 0.393 e. The van der Waals surface area contributed by atoms with E-state index in [2.05, 4.69) is 19.6 Å². The molecule has 3 bridgehead atoms. The predicted octanol–water partition coefficient (Wildman–Crippen LogP) is 2.87. The van der Waals surface area contributed by atoms with Crippen LogP contribution in [-0.2, 0) is 23.7 Å². The van der Waals surface area contributed by atoms with Crippen molar-refractivity contribution in [2.45, 2.75) is 106 Å². The van der Waals surface area contributed by atoms with E-state index in [1.807, 2.05) is 26.0 Å². The Morgan fingerprint density at radius 3 is 2.66 bits per heavy atom. The summed E-state index contributed by atoms with van der Waals surface area (Å²) in [6, 6.07) is 0. The fraction of sp³-hybridized carbons (Fsp3) is 0.700. The SMILES string of the molecule is C=C(C)[C@]12C[C@@H](C)[C@@]34O[C@](/C=C/C=C/CCCCC)(O[C@@H]1[C@@H]3[C@@H]1O[C@]1(CO)[C@@H](O)[C@]1(O)C(=O)C(C)=C[C@@H]14)O2. The molecule has 3 saturated heterocycles. The number of Topliss-reactive ketones (excluding diaryl/α,β-unsaturated/α-hetero) is 1. The van der Waals surface area contributed by atoms with Gasteiger partial charge in [-0.3, -0.25) is 4.79 Å². The van der Waals surface area contributed by atoms with Crippen molar-refractivity contribution in [2.24, 2.45) is 17.8 Å². The van der Waals surface area contributed by atoms with Crippen LogP contribution in [0.25, 0.3) is 0 Å². The number of carbonyl (C=O) groups is 1. The van der Waals surface area contributed by atoms with Crippen LogP contribution in [0, 0.1) is 17.8 Å². The Bertz CT molecular complexity index is 1140. The van der Waals surface area contributed by atoms with Crippen molar-refractivity contribution in [1.29, 1.82) is 0 Å². The van der Waals surface area contributed by atoms with Crippen molar-refractivity contribution >= 4 is 5.78 Å². The summed E-state index contributed by atoms with van der Waals surface area (Å²) in [7, 11) is 0. The number of aliphatic hydroxyl groups excluding tert-OH is 2. The zero-order chi connectivity index (χ0) is 27.3. The van der Waals surface area contributed by atoms with E-state index in [0.717, 1.165) is 24.8 Å². The van der Waals surface area contributed by atoms with Gasteiger partial charge in [-0.2, -0.15) is 0 Å². The van der Waals surface area contributed by atoms with E-state index in [-0.39, 0.29) is 5.92 Å². The lowest BCUT2D eigenvalue weighted by Gasteiger charge is -2.59. The molecule has 0 aromatic heterocycles. The second kappa shape index (κ2) is 8.43. The summed E-state index contributed by atoms with van der Waals surface area (Å²) in [4.78, 5) is 13.5. The van der Waals surface area contributed by atoms with Gasteiger partial charge in [-0.25, -0.2) is 0 Å². The molecule has 8 heteroatoms. The zero-order valence-corrected chi connectivity index (χ0v) is 22.7. The minimum absolute atomic E-state index is 0.235. The second-order valence-electron chi connectivity index (χ2n) is 12.3. The molecule has 3 heterocycles. The molecule has 38 heavy (non-hydrogen) atoms. The Morgan fingerprint density at radius 2 is 1.97 bits per heavy atom. The van der Waals surface area contributed by atoms with Crippen molar-refractivity contribution < 1.29 is 39.1 Å². The average Bonchev–Trinajstić information content (AvgIpc) is 3.52. The minimum atomic E-state index is -2.21. The van der Waals surface area contributed by atoms with Crippen LogP contribution >= 0.6 is 0 Å². The van der Waals surface area contributed by atoms with Gasteiger partial charge in [0.05, 0.1) is 12.2 Å². The highest BCUT2D eigenvalue weighted by atomic mass is 16.9. The van der Waals surface area contributed by atoms with Crippen LogP contribution < -0.4 is 0 Å². The molecule has 8 nitrogen and oxygen atoms in total. The maximum Gasteiger partial charge on any atom is 0.306 e. The third-order valence-electron chi connectivity index (χ3n) is 10.2. The Kier molecular flexibility index (Phi) is 5.89. The Hall–Kier alpha value is -1.65. The van der Waals surface area contributed by atoms with E-state index in [1.165, 1.54) is 6.42 Å². The molecule has 208 valence electrons. The predicted molar refractivity (Wildman–Crippen MR) is 138 cm³/mol. The summed E-state index contributed by atoms with van der Waals surface area (Å²) in [5.74, 6) is -3.79. The zero-order valence-electron chi connectivity index (χ0n) is 22.7. The van der Waals surface area contributed by atoms with Gasteiger partial charge in [0.25, 0.3) is 0 Å². The number of unbranched alkanes of at least 4 members (excludes halogenated alkanes) is 3. The molecular weight excluding hydrogens is 488 g/mol. The first kappa shape index (κ1) is 26.6. The molecule has 0 amide bonds. The molecule has 5 fully saturated rings. The molecule has 3 N–H and O–H groups in total. The topological polar surface area (TPSA) is 118 Å². The van der Waals surface area contributed by atoms with Crippen LogP contribution in [0.3, 0.4) is 0 Å². The number of hydrogen-bond donors (Lipinski definition) is 3. The summed E-state index contributed by atoms with van der Waals surface area (Å²) < 4.78 is 26.3. The van der Waals surface area contributed by atoms with Gasteiger partial charge in [0.1, 0.15) is 29.5 Å².